The molecule has 2 saturated heterocycles. The molecule has 2 aliphatic rings. The van der Waals surface area contributed by atoms with E-state index >= 15 is 4.39 Å². The number of phenols is 1. The number of aryl methyl sites for hydroxylation is 2. The summed E-state index contributed by atoms with van der Waals surface area (Å²) in [6.45, 7) is 15.3. The molecule has 0 saturated carbocycles. The average molecular weight is 1180 g/mol. The maximum atomic E-state index is 17.2. The Morgan fingerprint density at radius 3 is 2.46 bits per heavy atom. The van der Waals surface area contributed by atoms with Crippen LogP contribution in [-0.2, 0) is 30.4 Å². The predicted octanol–water partition coefficient (Wildman–Crippen LogP) is 9.11. The number of β-amino-alcohol motifs (C(OH)–C–C–N with tert-alkyl or cyclic N) is 1. The minimum Gasteiger partial charge on any atom is -0.508 e. The van der Waals surface area contributed by atoms with Crippen LogP contribution < -0.4 is 20.3 Å². The number of phenolic OH excluding ortho intramolecular Hbond substituents is 1. The summed E-state index contributed by atoms with van der Waals surface area (Å²) in [6, 6.07) is 18.5. The number of carbonyl (C=O) groups excluding carboxylic acids is 4. The summed E-state index contributed by atoms with van der Waals surface area (Å²) in [6.07, 6.45) is -1.18. The van der Waals surface area contributed by atoms with Crippen LogP contribution in [0.3, 0.4) is 0 Å². The van der Waals surface area contributed by atoms with Gasteiger partial charge in [0, 0.05) is 94.8 Å². The summed E-state index contributed by atoms with van der Waals surface area (Å²) in [4.78, 5) is 75.7. The molecule has 0 bridgehead atoms. The standard InChI is InChI=1S/C60H70ClFN10O10S/c1-34(2)50(48-25-35(3)68-82-48)57(77)72-32-41(74)29-46(72)56(76)64-31-39-14-13-38(54-36(4)65-33-83-54)27-47(39)80-24-23-79-22-21-69(8)49(75)15-16-63-58-66-53-44(55(67-58)70-17-19-71(20-18-70)59(78)81-60(5,6)7)30-45(61)51(52(53)62)43-28-40(73)26-37-11-9-10-12-42(37)43/h9-14,25-28,30,33-34,41,46,50,73-74H,15-24,29,31-32H2,1-8H3,(H,64,76)(H,63,66,67)/t41-,46+,50?/m1/s1. The third kappa shape index (κ3) is 14.1. The number of hydrogen-bond acceptors (Lipinski definition) is 17. The van der Waals surface area contributed by atoms with E-state index < -0.39 is 41.5 Å². The van der Waals surface area contributed by atoms with Gasteiger partial charge < -0.3 is 59.2 Å². The largest absolute Gasteiger partial charge is 0.508 e. The summed E-state index contributed by atoms with van der Waals surface area (Å²) in [5, 5.41) is 33.3. The Kier molecular flexibility index (Phi) is 18.7. The number of aliphatic hydroxyl groups is 1. The Hall–Kier alpha value is -7.66. The molecule has 4 amide bonds. The van der Waals surface area contributed by atoms with Crippen molar-refractivity contribution in [1.82, 2.24) is 40.1 Å². The van der Waals surface area contributed by atoms with Crippen molar-refractivity contribution in [3.63, 3.8) is 0 Å². The molecule has 0 radical (unpaired) electrons. The minimum atomic E-state index is -0.902. The zero-order valence-corrected chi connectivity index (χ0v) is 49.4. The number of nitrogens with zero attached hydrogens (tertiary/aromatic N) is 8. The van der Waals surface area contributed by atoms with Crippen molar-refractivity contribution in [3.05, 3.63) is 106 Å². The maximum absolute atomic E-state index is 17.2. The van der Waals surface area contributed by atoms with Crippen molar-refractivity contribution in [2.75, 3.05) is 82.9 Å². The Labute approximate surface area is 489 Å². The molecule has 1 unspecified atom stereocenters. The number of likely N-dealkylation sites (N-methyl/N-ethyl adjacent to an activating group) is 1. The van der Waals surface area contributed by atoms with E-state index in [4.69, 9.17) is 35.3 Å². The van der Waals surface area contributed by atoms with Crippen molar-refractivity contribution < 1.29 is 52.5 Å². The molecule has 440 valence electrons. The van der Waals surface area contributed by atoms with Gasteiger partial charge in [-0.15, -0.1) is 11.3 Å². The van der Waals surface area contributed by atoms with Gasteiger partial charge >= 0.3 is 6.09 Å². The zero-order chi connectivity index (χ0) is 59.3. The second kappa shape index (κ2) is 25.9. The Morgan fingerprint density at radius 2 is 1.75 bits per heavy atom. The zero-order valence-electron chi connectivity index (χ0n) is 47.8. The van der Waals surface area contributed by atoms with Gasteiger partial charge in [-0.2, -0.15) is 4.98 Å². The number of anilines is 2. The van der Waals surface area contributed by atoms with Crippen LogP contribution >= 0.6 is 22.9 Å². The lowest BCUT2D eigenvalue weighted by molar-refractivity contribution is -0.141. The van der Waals surface area contributed by atoms with Crippen LogP contribution in [0.5, 0.6) is 11.5 Å². The van der Waals surface area contributed by atoms with E-state index in [1.54, 1.807) is 47.5 Å². The number of piperazine rings is 1. The third-order valence-corrected chi connectivity index (χ3v) is 15.9. The van der Waals surface area contributed by atoms with Crippen molar-refractivity contribution in [1.29, 1.82) is 0 Å². The number of thiazole rings is 1. The van der Waals surface area contributed by atoms with Gasteiger partial charge in [-0.05, 0) is 86.7 Å². The van der Waals surface area contributed by atoms with E-state index in [9.17, 15) is 29.4 Å². The van der Waals surface area contributed by atoms with Crippen LogP contribution in [0.1, 0.15) is 76.1 Å². The molecular formula is C60H70ClFN10O10S. The van der Waals surface area contributed by atoms with Crippen molar-refractivity contribution in [2.24, 2.45) is 5.92 Å². The SMILES string of the molecule is Cc1cc(C(C(=O)N2C[C@H](O)C[C@H]2C(=O)NCc2ccc(-c3scnc3C)cc2OCCOCCN(C)C(=O)CCNc2nc(N3CCN(C(=O)OC(C)(C)C)CC3)c3cc(Cl)c(-c4cc(O)cc5ccccc45)c(F)c3n2)C(C)C)on1. The number of fused-ring (bicyclic) bond motifs is 2. The van der Waals surface area contributed by atoms with Gasteiger partial charge in [0.25, 0.3) is 0 Å². The monoisotopic (exact) mass is 1180 g/mol. The van der Waals surface area contributed by atoms with E-state index in [1.807, 2.05) is 88.9 Å². The fourth-order valence-corrected chi connectivity index (χ4v) is 11.5. The van der Waals surface area contributed by atoms with E-state index in [1.165, 1.54) is 22.3 Å². The first-order valence-corrected chi connectivity index (χ1v) is 29.0. The maximum Gasteiger partial charge on any atom is 0.410 e. The number of ether oxygens (including phenoxy) is 3. The van der Waals surface area contributed by atoms with E-state index in [0.29, 0.717) is 76.5 Å². The smallest absolute Gasteiger partial charge is 0.410 e. The Morgan fingerprint density at radius 1 is 0.976 bits per heavy atom. The first-order chi connectivity index (χ1) is 39.6. The summed E-state index contributed by atoms with van der Waals surface area (Å²) in [5.41, 5.74) is 4.59. The van der Waals surface area contributed by atoms with Gasteiger partial charge in [0.15, 0.2) is 5.82 Å². The number of aromatic nitrogens is 4. The normalized spacial score (nSPS) is 16.0. The molecule has 23 heteroatoms. The van der Waals surface area contributed by atoms with Gasteiger partial charge in [0.1, 0.15) is 52.8 Å². The Balaban J connectivity index is 0.816. The number of halogens is 2. The highest BCUT2D eigenvalue weighted by Crippen LogP contribution is 2.43. The molecule has 7 aromatic rings. The minimum absolute atomic E-state index is 0.0126. The van der Waals surface area contributed by atoms with Crippen LogP contribution in [0.2, 0.25) is 5.02 Å². The average Bonchev–Trinajstić information content (AvgIpc) is 4.22. The van der Waals surface area contributed by atoms with Gasteiger partial charge in [0.2, 0.25) is 23.7 Å². The fourth-order valence-electron chi connectivity index (χ4n) is 10.4. The van der Waals surface area contributed by atoms with Crippen molar-refractivity contribution in [3.8, 4) is 33.1 Å². The molecule has 2 aliphatic heterocycles. The second-order valence-electron chi connectivity index (χ2n) is 22.2. The molecule has 9 rings (SSSR count). The van der Waals surface area contributed by atoms with Crippen molar-refractivity contribution >= 4 is 80.2 Å². The molecule has 5 heterocycles. The molecule has 3 atom stereocenters. The molecular weight excluding hydrogens is 1110 g/mol. The Bertz CT molecular complexity index is 3510. The van der Waals surface area contributed by atoms with E-state index in [-0.39, 0.29) is 104 Å². The van der Waals surface area contributed by atoms with Crippen LogP contribution in [-0.4, -0.2) is 159 Å². The summed E-state index contributed by atoms with van der Waals surface area (Å²) in [7, 11) is 1.67. The fraction of sp³-hybridized carbons (Fsp3) is 0.433. The van der Waals surface area contributed by atoms with Gasteiger partial charge in [-0.3, -0.25) is 14.4 Å². The summed E-state index contributed by atoms with van der Waals surface area (Å²) in [5.74, 6) is -1.14. The highest BCUT2D eigenvalue weighted by Gasteiger charge is 2.43. The molecule has 2 fully saturated rings. The quantitative estimate of drug-likeness (QED) is 0.0521. The molecule has 0 aliphatic carbocycles. The van der Waals surface area contributed by atoms with Crippen LogP contribution in [0.15, 0.2) is 76.8 Å². The topological polar surface area (TPSA) is 238 Å². The van der Waals surface area contributed by atoms with Crippen LogP contribution in [0, 0.1) is 25.6 Å². The second-order valence-corrected chi connectivity index (χ2v) is 23.5. The summed E-state index contributed by atoms with van der Waals surface area (Å²) >= 11 is 8.44. The first kappa shape index (κ1) is 59.9. The van der Waals surface area contributed by atoms with Crippen LogP contribution in [0.4, 0.5) is 21.0 Å². The highest BCUT2D eigenvalue weighted by molar-refractivity contribution is 7.13. The van der Waals surface area contributed by atoms with Gasteiger partial charge in [-0.25, -0.2) is 19.2 Å². The highest BCUT2D eigenvalue weighted by atomic mass is 35.5. The molecule has 20 nitrogen and oxygen atoms in total. The molecule has 83 heavy (non-hydrogen) atoms. The first-order valence-electron chi connectivity index (χ1n) is 27.7. The number of hydrogen-bond donors (Lipinski definition) is 4. The lowest BCUT2D eigenvalue weighted by Gasteiger charge is -2.36. The van der Waals surface area contributed by atoms with Crippen molar-refractivity contribution in [2.45, 2.75) is 91.5 Å². The molecule has 4 N–H and O–H groups in total. The molecule has 3 aromatic heterocycles. The number of aromatic hydroxyl groups is 1. The number of amides is 4. The van der Waals surface area contributed by atoms with E-state index in [0.717, 1.165) is 16.1 Å². The lowest BCUT2D eigenvalue weighted by Crippen LogP contribution is -2.50. The van der Waals surface area contributed by atoms with Crippen LogP contribution in [0.25, 0.3) is 43.2 Å². The summed E-state index contributed by atoms with van der Waals surface area (Å²) < 4.78 is 40.5. The number of rotatable bonds is 20. The third-order valence-electron chi connectivity index (χ3n) is 14.6. The number of likely N-dealkylation sites (tertiary alicyclic amines) is 1. The van der Waals surface area contributed by atoms with E-state index in [2.05, 4.69) is 25.8 Å². The van der Waals surface area contributed by atoms with Gasteiger partial charge in [0.05, 0.1) is 46.1 Å². The number of benzene rings is 4. The number of carbonyl (C=O) groups is 4. The lowest BCUT2D eigenvalue weighted by atomic mass is 9.91. The van der Waals surface area contributed by atoms with Gasteiger partial charge in [-0.1, -0.05) is 67.0 Å². The molecule has 0 spiro atoms. The predicted molar refractivity (Wildman–Crippen MR) is 315 cm³/mol. The number of nitrogens with one attached hydrogen (secondary N) is 2. The molecule has 4 aromatic carbocycles. The number of aliphatic hydroxyl groups excluding tert-OH is 1.